The maximum atomic E-state index is 5.44. The maximum Gasteiger partial charge on any atom is 0.123 e. The van der Waals surface area contributed by atoms with Crippen LogP contribution in [0.3, 0.4) is 0 Å². The second-order valence-electron chi connectivity index (χ2n) is 3.11. The van der Waals surface area contributed by atoms with E-state index < -0.39 is 0 Å². The van der Waals surface area contributed by atoms with Crippen molar-refractivity contribution in [3.8, 4) is 11.5 Å². The number of ether oxygens (including phenoxy) is 3. The van der Waals surface area contributed by atoms with Gasteiger partial charge in [-0.3, -0.25) is 0 Å². The lowest BCUT2D eigenvalue weighted by Crippen LogP contribution is -1.97. The highest BCUT2D eigenvalue weighted by atomic mass is 16.5. The first kappa shape index (κ1) is 11.9. The predicted octanol–water partition coefficient (Wildman–Crippen LogP) is 2.63. The summed E-state index contributed by atoms with van der Waals surface area (Å²) in [6.45, 7) is 5.80. The molecule has 15 heavy (non-hydrogen) atoms. The Labute approximate surface area is 91.0 Å². The molecule has 1 aromatic rings. The first-order valence-electron chi connectivity index (χ1n) is 5.18. The van der Waals surface area contributed by atoms with Gasteiger partial charge in [-0.05, 0) is 31.5 Å². The number of hydrogen-bond donors (Lipinski definition) is 0. The molecule has 0 radical (unpaired) electrons. The quantitative estimate of drug-likeness (QED) is 0.722. The van der Waals surface area contributed by atoms with Crippen molar-refractivity contribution in [2.24, 2.45) is 0 Å². The molecular formula is C12H18O3. The molecule has 0 aliphatic heterocycles. The molecule has 84 valence electrons. The zero-order valence-corrected chi connectivity index (χ0v) is 9.58. The van der Waals surface area contributed by atoms with Crippen molar-refractivity contribution in [2.45, 2.75) is 20.5 Å². The molecule has 0 spiro atoms. The highest BCUT2D eigenvalue weighted by Crippen LogP contribution is 2.23. The maximum absolute atomic E-state index is 5.44. The van der Waals surface area contributed by atoms with Gasteiger partial charge in [0.05, 0.1) is 19.8 Å². The fourth-order valence-electron chi connectivity index (χ4n) is 1.38. The van der Waals surface area contributed by atoms with Gasteiger partial charge in [0, 0.05) is 13.2 Å². The van der Waals surface area contributed by atoms with Crippen LogP contribution in [0.25, 0.3) is 0 Å². The largest absolute Gasteiger partial charge is 0.494 e. The van der Waals surface area contributed by atoms with Crippen LogP contribution in [0.2, 0.25) is 0 Å². The van der Waals surface area contributed by atoms with Crippen LogP contribution in [0.15, 0.2) is 18.2 Å². The Hall–Kier alpha value is -1.22. The van der Waals surface area contributed by atoms with Crippen molar-refractivity contribution < 1.29 is 14.2 Å². The Balaban J connectivity index is 2.86. The van der Waals surface area contributed by atoms with E-state index in [0.29, 0.717) is 19.8 Å². The number of hydrogen-bond acceptors (Lipinski definition) is 3. The van der Waals surface area contributed by atoms with Crippen LogP contribution in [-0.4, -0.2) is 20.3 Å². The van der Waals surface area contributed by atoms with Crippen molar-refractivity contribution in [1.82, 2.24) is 0 Å². The van der Waals surface area contributed by atoms with Crippen molar-refractivity contribution in [1.29, 1.82) is 0 Å². The Morgan fingerprint density at radius 3 is 1.87 bits per heavy atom. The third kappa shape index (κ3) is 3.80. The van der Waals surface area contributed by atoms with Gasteiger partial charge in [0.2, 0.25) is 0 Å². The van der Waals surface area contributed by atoms with Crippen molar-refractivity contribution >= 4 is 0 Å². The van der Waals surface area contributed by atoms with E-state index in [4.69, 9.17) is 14.2 Å². The van der Waals surface area contributed by atoms with Crippen LogP contribution in [0.1, 0.15) is 19.4 Å². The normalized spacial score (nSPS) is 10.1. The van der Waals surface area contributed by atoms with Gasteiger partial charge in [-0.15, -0.1) is 0 Å². The van der Waals surface area contributed by atoms with E-state index in [0.717, 1.165) is 17.1 Å². The third-order valence-corrected chi connectivity index (χ3v) is 1.87. The van der Waals surface area contributed by atoms with Gasteiger partial charge < -0.3 is 14.2 Å². The van der Waals surface area contributed by atoms with Gasteiger partial charge in [-0.25, -0.2) is 0 Å². The van der Waals surface area contributed by atoms with Gasteiger partial charge in [-0.1, -0.05) is 0 Å². The Kier molecular flexibility index (Phi) is 4.98. The molecule has 0 aliphatic carbocycles. The van der Waals surface area contributed by atoms with Crippen molar-refractivity contribution in [2.75, 3.05) is 20.3 Å². The molecule has 1 aromatic carbocycles. The predicted molar refractivity (Wildman–Crippen MR) is 59.5 cm³/mol. The summed E-state index contributed by atoms with van der Waals surface area (Å²) in [5.74, 6) is 1.66. The molecule has 0 saturated carbocycles. The van der Waals surface area contributed by atoms with Crippen molar-refractivity contribution in [3.05, 3.63) is 23.8 Å². The van der Waals surface area contributed by atoms with E-state index in [9.17, 15) is 0 Å². The molecule has 3 nitrogen and oxygen atoms in total. The zero-order chi connectivity index (χ0) is 11.1. The summed E-state index contributed by atoms with van der Waals surface area (Å²) in [6, 6.07) is 5.83. The highest BCUT2D eigenvalue weighted by molar-refractivity contribution is 5.38. The van der Waals surface area contributed by atoms with E-state index in [2.05, 4.69) is 0 Å². The molecule has 1 rings (SSSR count). The van der Waals surface area contributed by atoms with Gasteiger partial charge in [0.25, 0.3) is 0 Å². The number of methoxy groups -OCH3 is 1. The summed E-state index contributed by atoms with van der Waals surface area (Å²) in [7, 11) is 1.67. The van der Waals surface area contributed by atoms with Crippen LogP contribution in [0, 0.1) is 0 Å². The summed E-state index contributed by atoms with van der Waals surface area (Å²) in [6.07, 6.45) is 0. The Morgan fingerprint density at radius 2 is 1.47 bits per heavy atom. The van der Waals surface area contributed by atoms with E-state index in [1.165, 1.54) is 0 Å². The van der Waals surface area contributed by atoms with Gasteiger partial charge in [-0.2, -0.15) is 0 Å². The second kappa shape index (κ2) is 6.30. The molecule has 0 N–H and O–H groups in total. The molecule has 0 atom stereocenters. The minimum atomic E-state index is 0.570. The molecule has 0 amide bonds. The van der Waals surface area contributed by atoms with Crippen LogP contribution in [0.4, 0.5) is 0 Å². The third-order valence-electron chi connectivity index (χ3n) is 1.87. The molecule has 0 aliphatic rings. The highest BCUT2D eigenvalue weighted by Gasteiger charge is 2.02. The summed E-state index contributed by atoms with van der Waals surface area (Å²) in [5, 5.41) is 0. The van der Waals surface area contributed by atoms with Crippen LogP contribution in [0.5, 0.6) is 11.5 Å². The molecule has 0 saturated heterocycles. The molecule has 0 unspecified atom stereocenters. The lowest BCUT2D eigenvalue weighted by Gasteiger charge is -2.10. The fraction of sp³-hybridized carbons (Fsp3) is 0.500. The average molecular weight is 210 g/mol. The molecular weight excluding hydrogens is 192 g/mol. The zero-order valence-electron chi connectivity index (χ0n) is 9.58. The molecule has 0 aromatic heterocycles. The van der Waals surface area contributed by atoms with Crippen LogP contribution < -0.4 is 9.47 Å². The van der Waals surface area contributed by atoms with Gasteiger partial charge in [0.15, 0.2) is 0 Å². The number of benzene rings is 1. The summed E-state index contributed by atoms with van der Waals surface area (Å²) < 4.78 is 16.0. The average Bonchev–Trinajstić information content (AvgIpc) is 2.19. The SMILES string of the molecule is CCOc1cc(COC)cc(OCC)c1. The monoisotopic (exact) mass is 210 g/mol. The van der Waals surface area contributed by atoms with Crippen LogP contribution >= 0.6 is 0 Å². The fourth-order valence-corrected chi connectivity index (χ4v) is 1.38. The van der Waals surface area contributed by atoms with Gasteiger partial charge in [0.1, 0.15) is 11.5 Å². The smallest absolute Gasteiger partial charge is 0.123 e. The molecule has 0 bridgehead atoms. The summed E-state index contributed by atoms with van der Waals surface area (Å²) >= 11 is 0. The summed E-state index contributed by atoms with van der Waals surface area (Å²) in [5.41, 5.74) is 1.06. The first-order valence-corrected chi connectivity index (χ1v) is 5.18. The Bertz CT molecular complexity index is 237. The number of rotatable bonds is 6. The standard InChI is InChI=1S/C12H18O3/c1-4-14-11-6-10(9-13-3)7-12(8-11)15-5-2/h6-8H,4-5,9H2,1-3H3. The first-order chi connectivity index (χ1) is 7.30. The molecule has 0 heterocycles. The minimum Gasteiger partial charge on any atom is -0.494 e. The van der Waals surface area contributed by atoms with Gasteiger partial charge >= 0.3 is 0 Å². The molecule has 0 fully saturated rings. The topological polar surface area (TPSA) is 27.7 Å². The van der Waals surface area contributed by atoms with E-state index >= 15 is 0 Å². The van der Waals surface area contributed by atoms with Crippen LogP contribution in [-0.2, 0) is 11.3 Å². The van der Waals surface area contributed by atoms with E-state index in [1.807, 2.05) is 32.0 Å². The minimum absolute atomic E-state index is 0.570. The second-order valence-corrected chi connectivity index (χ2v) is 3.11. The van der Waals surface area contributed by atoms with Crippen molar-refractivity contribution in [3.63, 3.8) is 0 Å². The summed E-state index contributed by atoms with van der Waals surface area (Å²) in [4.78, 5) is 0. The molecule has 3 heteroatoms. The lowest BCUT2D eigenvalue weighted by atomic mass is 10.2. The van der Waals surface area contributed by atoms with E-state index in [1.54, 1.807) is 7.11 Å². The van der Waals surface area contributed by atoms with E-state index in [-0.39, 0.29) is 0 Å². The Morgan fingerprint density at radius 1 is 0.933 bits per heavy atom. The lowest BCUT2D eigenvalue weighted by molar-refractivity contribution is 0.184.